The number of hydrogen-bond acceptors (Lipinski definition) is 5. The summed E-state index contributed by atoms with van der Waals surface area (Å²) in [6, 6.07) is 18.9. The first-order valence-corrected chi connectivity index (χ1v) is 9.49. The second-order valence-electron chi connectivity index (χ2n) is 7.14. The number of aromatic nitrogens is 1. The molecule has 0 unspecified atom stereocenters. The minimum absolute atomic E-state index is 0.141. The van der Waals surface area contributed by atoms with Gasteiger partial charge in [0.15, 0.2) is 0 Å². The number of benzene rings is 2. The van der Waals surface area contributed by atoms with E-state index >= 15 is 0 Å². The Kier molecular flexibility index (Phi) is 6.34. The van der Waals surface area contributed by atoms with Crippen LogP contribution in [0.15, 0.2) is 66.9 Å². The Hall–Kier alpha value is -3.54. The van der Waals surface area contributed by atoms with Gasteiger partial charge in [-0.3, -0.25) is 4.79 Å². The third-order valence-corrected chi connectivity index (χ3v) is 4.15. The number of rotatable bonds is 7. The molecule has 0 aliphatic rings. The van der Waals surface area contributed by atoms with E-state index in [2.05, 4.69) is 15.6 Å². The quantitative estimate of drug-likeness (QED) is 0.599. The van der Waals surface area contributed by atoms with Crippen LogP contribution in [-0.4, -0.2) is 31.1 Å². The van der Waals surface area contributed by atoms with Gasteiger partial charge in [0.25, 0.3) is 5.91 Å². The Morgan fingerprint density at radius 1 is 0.897 bits per heavy atom. The maximum Gasteiger partial charge on any atom is 0.274 e. The second kappa shape index (κ2) is 9.10. The molecule has 0 fully saturated rings. The third kappa shape index (κ3) is 5.72. The molecule has 0 atom stereocenters. The molecular formula is C23H26N4O2. The second-order valence-corrected chi connectivity index (χ2v) is 7.14. The number of carbonyl (C=O) groups is 1. The normalized spacial score (nSPS) is 10.5. The van der Waals surface area contributed by atoms with Crippen LogP contribution < -0.4 is 20.3 Å². The molecule has 0 saturated carbocycles. The average molecular weight is 390 g/mol. The molecule has 1 amide bonds. The van der Waals surface area contributed by atoms with Gasteiger partial charge in [0.05, 0.1) is 18.0 Å². The van der Waals surface area contributed by atoms with E-state index < -0.39 is 0 Å². The molecule has 1 aromatic heterocycles. The molecule has 0 saturated heterocycles. The Labute approximate surface area is 171 Å². The molecule has 0 aliphatic carbocycles. The summed E-state index contributed by atoms with van der Waals surface area (Å²) >= 11 is 0. The molecule has 0 bridgehead atoms. The lowest BCUT2D eigenvalue weighted by Gasteiger charge is -2.13. The topological polar surface area (TPSA) is 66.5 Å². The number of amides is 1. The van der Waals surface area contributed by atoms with Crippen LogP contribution in [0.3, 0.4) is 0 Å². The van der Waals surface area contributed by atoms with Crippen molar-refractivity contribution in [3.63, 3.8) is 0 Å². The highest BCUT2D eigenvalue weighted by Gasteiger charge is 2.08. The Balaban J connectivity index is 1.59. The average Bonchev–Trinajstić information content (AvgIpc) is 2.70. The van der Waals surface area contributed by atoms with Gasteiger partial charge in [0.2, 0.25) is 0 Å². The van der Waals surface area contributed by atoms with Crippen molar-refractivity contribution in [2.45, 2.75) is 20.0 Å². The predicted octanol–water partition coefficient (Wildman–Crippen LogP) is 4.93. The Bertz CT molecular complexity index is 934. The van der Waals surface area contributed by atoms with Crippen LogP contribution in [0.25, 0.3) is 0 Å². The van der Waals surface area contributed by atoms with Gasteiger partial charge >= 0.3 is 0 Å². The zero-order valence-electron chi connectivity index (χ0n) is 17.1. The first kappa shape index (κ1) is 20.2. The summed E-state index contributed by atoms with van der Waals surface area (Å²) in [6.07, 6.45) is 1.78. The summed E-state index contributed by atoms with van der Waals surface area (Å²) in [6.45, 7) is 3.99. The summed E-state index contributed by atoms with van der Waals surface area (Å²) in [5.41, 5.74) is 3.87. The van der Waals surface area contributed by atoms with Crippen LogP contribution in [-0.2, 0) is 0 Å². The molecular weight excluding hydrogens is 364 g/mol. The van der Waals surface area contributed by atoms with Gasteiger partial charge in [0.1, 0.15) is 11.4 Å². The van der Waals surface area contributed by atoms with Crippen molar-refractivity contribution in [3.8, 4) is 5.75 Å². The molecule has 0 radical (unpaired) electrons. The lowest BCUT2D eigenvalue weighted by atomic mass is 10.2. The molecule has 0 spiro atoms. The Morgan fingerprint density at radius 2 is 1.52 bits per heavy atom. The molecule has 150 valence electrons. The molecule has 6 heteroatoms. The van der Waals surface area contributed by atoms with Crippen molar-refractivity contribution in [3.05, 3.63) is 72.6 Å². The maximum absolute atomic E-state index is 12.4. The zero-order chi connectivity index (χ0) is 20.8. The minimum Gasteiger partial charge on any atom is -0.491 e. The van der Waals surface area contributed by atoms with E-state index in [-0.39, 0.29) is 12.0 Å². The smallest absolute Gasteiger partial charge is 0.274 e. The van der Waals surface area contributed by atoms with E-state index in [0.717, 1.165) is 28.5 Å². The van der Waals surface area contributed by atoms with E-state index in [4.69, 9.17) is 4.74 Å². The lowest BCUT2D eigenvalue weighted by Crippen LogP contribution is -2.14. The minimum atomic E-state index is -0.246. The number of anilines is 4. The number of ether oxygens (including phenoxy) is 1. The molecule has 0 aliphatic heterocycles. The van der Waals surface area contributed by atoms with Gasteiger partial charge in [-0.2, -0.15) is 0 Å². The summed E-state index contributed by atoms with van der Waals surface area (Å²) in [4.78, 5) is 18.7. The molecule has 6 nitrogen and oxygen atoms in total. The highest BCUT2D eigenvalue weighted by molar-refractivity contribution is 6.03. The van der Waals surface area contributed by atoms with Crippen LogP contribution in [0.1, 0.15) is 24.3 Å². The van der Waals surface area contributed by atoms with Crippen molar-refractivity contribution < 1.29 is 9.53 Å². The van der Waals surface area contributed by atoms with Crippen LogP contribution in [0.4, 0.5) is 22.7 Å². The zero-order valence-corrected chi connectivity index (χ0v) is 17.1. The van der Waals surface area contributed by atoms with Crippen LogP contribution in [0.5, 0.6) is 5.75 Å². The summed E-state index contributed by atoms with van der Waals surface area (Å²) in [5.74, 6) is 0.582. The standard InChI is InChI=1S/C23H26N4O2/c1-16(2)29-21-12-7-17(8-13-21)25-19-9-14-22(24-15-19)23(28)26-18-5-10-20(11-6-18)27(3)4/h5-16,25H,1-4H3,(H,26,28). The van der Waals surface area contributed by atoms with Crippen molar-refractivity contribution >= 4 is 28.7 Å². The van der Waals surface area contributed by atoms with Crippen LogP contribution >= 0.6 is 0 Å². The van der Waals surface area contributed by atoms with Gasteiger partial charge in [-0.1, -0.05) is 0 Å². The number of hydrogen-bond donors (Lipinski definition) is 2. The molecule has 1 heterocycles. The fourth-order valence-electron chi connectivity index (χ4n) is 2.70. The van der Waals surface area contributed by atoms with Crippen LogP contribution in [0.2, 0.25) is 0 Å². The van der Waals surface area contributed by atoms with Crippen molar-refractivity contribution in [1.29, 1.82) is 0 Å². The summed E-state index contributed by atoms with van der Waals surface area (Å²) < 4.78 is 5.64. The fraction of sp³-hybridized carbons (Fsp3) is 0.217. The number of carbonyl (C=O) groups excluding carboxylic acids is 1. The van der Waals surface area contributed by atoms with E-state index in [1.54, 1.807) is 12.3 Å². The first-order valence-electron chi connectivity index (χ1n) is 9.49. The van der Waals surface area contributed by atoms with Crippen molar-refractivity contribution in [2.75, 3.05) is 29.6 Å². The van der Waals surface area contributed by atoms with Gasteiger partial charge in [-0.05, 0) is 74.5 Å². The highest BCUT2D eigenvalue weighted by Crippen LogP contribution is 2.21. The maximum atomic E-state index is 12.4. The molecule has 29 heavy (non-hydrogen) atoms. The molecule has 3 rings (SSSR count). The monoisotopic (exact) mass is 390 g/mol. The number of pyridine rings is 1. The number of nitrogens with zero attached hydrogens (tertiary/aromatic N) is 2. The fourth-order valence-corrected chi connectivity index (χ4v) is 2.70. The summed E-state index contributed by atoms with van der Waals surface area (Å²) in [5, 5.41) is 6.12. The molecule has 2 N–H and O–H groups in total. The Morgan fingerprint density at radius 3 is 2.07 bits per heavy atom. The third-order valence-electron chi connectivity index (χ3n) is 4.15. The predicted molar refractivity (Wildman–Crippen MR) is 118 cm³/mol. The van der Waals surface area contributed by atoms with Crippen LogP contribution in [0, 0.1) is 0 Å². The summed E-state index contributed by atoms with van der Waals surface area (Å²) in [7, 11) is 3.95. The first-order chi connectivity index (χ1) is 13.9. The SMILES string of the molecule is CC(C)Oc1ccc(Nc2ccc(C(=O)Nc3ccc(N(C)C)cc3)nc2)cc1. The lowest BCUT2D eigenvalue weighted by molar-refractivity contribution is 0.102. The largest absolute Gasteiger partial charge is 0.491 e. The van der Waals surface area contributed by atoms with Gasteiger partial charge in [-0.25, -0.2) is 4.98 Å². The van der Waals surface area contributed by atoms with E-state index in [1.807, 2.05) is 87.4 Å². The highest BCUT2D eigenvalue weighted by atomic mass is 16.5. The molecule has 2 aromatic carbocycles. The van der Waals surface area contributed by atoms with E-state index in [0.29, 0.717) is 5.69 Å². The number of nitrogens with one attached hydrogen (secondary N) is 2. The van der Waals surface area contributed by atoms with Gasteiger partial charge in [0, 0.05) is 31.2 Å². The van der Waals surface area contributed by atoms with Crippen molar-refractivity contribution in [1.82, 2.24) is 4.98 Å². The van der Waals surface area contributed by atoms with E-state index in [9.17, 15) is 4.79 Å². The van der Waals surface area contributed by atoms with Gasteiger partial charge in [-0.15, -0.1) is 0 Å². The van der Waals surface area contributed by atoms with E-state index in [1.165, 1.54) is 0 Å². The molecule has 3 aromatic rings. The van der Waals surface area contributed by atoms with Gasteiger partial charge < -0.3 is 20.3 Å². The van der Waals surface area contributed by atoms with Crippen molar-refractivity contribution in [2.24, 2.45) is 0 Å².